The van der Waals surface area contributed by atoms with Crippen LogP contribution in [0.4, 0.5) is 14.5 Å². The molecular formula is C18H24F2N2O3S. The first-order valence-electron chi connectivity index (χ1n) is 8.65. The van der Waals surface area contributed by atoms with E-state index in [9.17, 15) is 22.0 Å². The molecule has 2 rings (SSSR count). The Balaban J connectivity index is 1.92. The van der Waals surface area contributed by atoms with Crippen molar-refractivity contribution < 1.29 is 22.0 Å². The number of hydrogen-bond donors (Lipinski definition) is 1. The van der Waals surface area contributed by atoms with Crippen LogP contribution in [0.5, 0.6) is 0 Å². The van der Waals surface area contributed by atoms with Crippen molar-refractivity contribution in [2.45, 2.75) is 38.5 Å². The van der Waals surface area contributed by atoms with E-state index in [0.29, 0.717) is 10.8 Å². The Kier molecular flexibility index (Phi) is 7.14. The smallest absolute Gasteiger partial charge is 0.232 e. The largest absolute Gasteiger partial charge is 0.352 e. The van der Waals surface area contributed by atoms with Gasteiger partial charge in [0.25, 0.3) is 0 Å². The van der Waals surface area contributed by atoms with Gasteiger partial charge < -0.3 is 5.32 Å². The van der Waals surface area contributed by atoms with Crippen molar-refractivity contribution in [2.75, 3.05) is 23.7 Å². The SMILES string of the molecule is CS(=O)(=O)N(CCCC(=O)NCC1=CCCCC1)c1c(F)cccc1F. The maximum Gasteiger partial charge on any atom is 0.232 e. The molecule has 1 aliphatic carbocycles. The Bertz CT molecular complexity index is 758. The molecule has 0 heterocycles. The van der Waals surface area contributed by atoms with Crippen molar-refractivity contribution in [3.8, 4) is 0 Å². The summed E-state index contributed by atoms with van der Waals surface area (Å²) in [6, 6.07) is 3.17. The minimum atomic E-state index is -3.88. The zero-order chi connectivity index (χ0) is 19.2. The zero-order valence-electron chi connectivity index (χ0n) is 14.8. The maximum atomic E-state index is 13.9. The van der Waals surface area contributed by atoms with Crippen LogP contribution in [-0.2, 0) is 14.8 Å². The fourth-order valence-corrected chi connectivity index (χ4v) is 3.89. The molecular weight excluding hydrogens is 362 g/mol. The zero-order valence-corrected chi connectivity index (χ0v) is 15.6. The van der Waals surface area contributed by atoms with Crippen molar-refractivity contribution in [2.24, 2.45) is 0 Å². The van der Waals surface area contributed by atoms with E-state index in [1.54, 1.807) is 0 Å². The molecule has 1 amide bonds. The van der Waals surface area contributed by atoms with E-state index in [-0.39, 0.29) is 25.3 Å². The number of hydrogen-bond acceptors (Lipinski definition) is 3. The van der Waals surface area contributed by atoms with Crippen LogP contribution in [-0.4, -0.2) is 33.7 Å². The molecule has 0 atom stereocenters. The summed E-state index contributed by atoms with van der Waals surface area (Å²) in [6.07, 6.45) is 7.56. The number of anilines is 1. The fraction of sp³-hybridized carbons (Fsp3) is 0.500. The molecule has 26 heavy (non-hydrogen) atoms. The number of sulfonamides is 1. The molecule has 0 radical (unpaired) electrons. The Labute approximate surface area is 153 Å². The molecule has 1 N–H and O–H groups in total. The summed E-state index contributed by atoms with van der Waals surface area (Å²) < 4.78 is 52.4. The Hall–Kier alpha value is -1.96. The summed E-state index contributed by atoms with van der Waals surface area (Å²) >= 11 is 0. The second kappa shape index (κ2) is 9.12. The number of benzene rings is 1. The summed E-state index contributed by atoms with van der Waals surface area (Å²) in [5.41, 5.74) is 0.596. The molecule has 0 aliphatic heterocycles. The Morgan fingerprint density at radius 2 is 1.92 bits per heavy atom. The average molecular weight is 386 g/mol. The molecule has 0 fully saturated rings. The Morgan fingerprint density at radius 3 is 2.50 bits per heavy atom. The number of allylic oxidation sites excluding steroid dienone is 1. The van der Waals surface area contributed by atoms with Gasteiger partial charge in [-0.3, -0.25) is 9.10 Å². The topological polar surface area (TPSA) is 66.5 Å². The van der Waals surface area contributed by atoms with Gasteiger partial charge in [-0.05, 0) is 44.2 Å². The van der Waals surface area contributed by atoms with Crippen molar-refractivity contribution >= 4 is 21.6 Å². The molecule has 1 aliphatic rings. The van der Waals surface area contributed by atoms with Crippen molar-refractivity contribution in [3.05, 3.63) is 41.5 Å². The van der Waals surface area contributed by atoms with Crippen molar-refractivity contribution in [1.29, 1.82) is 0 Å². The second-order valence-electron chi connectivity index (χ2n) is 6.39. The second-order valence-corrected chi connectivity index (χ2v) is 8.30. The minimum Gasteiger partial charge on any atom is -0.352 e. The highest BCUT2D eigenvalue weighted by molar-refractivity contribution is 7.92. The first-order chi connectivity index (χ1) is 12.3. The van der Waals surface area contributed by atoms with Crippen LogP contribution in [0.2, 0.25) is 0 Å². The quantitative estimate of drug-likeness (QED) is 0.698. The first kappa shape index (κ1) is 20.4. The maximum absolute atomic E-state index is 13.9. The number of nitrogens with one attached hydrogen (secondary N) is 1. The van der Waals surface area contributed by atoms with E-state index in [2.05, 4.69) is 11.4 Å². The average Bonchev–Trinajstić information content (AvgIpc) is 2.58. The third kappa shape index (κ3) is 5.79. The van der Waals surface area contributed by atoms with Gasteiger partial charge >= 0.3 is 0 Å². The van der Waals surface area contributed by atoms with Crippen molar-refractivity contribution in [3.63, 3.8) is 0 Å². The molecule has 8 heteroatoms. The van der Waals surface area contributed by atoms with E-state index in [0.717, 1.165) is 37.7 Å². The minimum absolute atomic E-state index is 0.0787. The predicted octanol–water partition coefficient (Wildman–Crippen LogP) is 3.13. The van der Waals surface area contributed by atoms with Gasteiger partial charge in [0.1, 0.15) is 5.69 Å². The molecule has 0 saturated carbocycles. The highest BCUT2D eigenvalue weighted by Gasteiger charge is 2.24. The number of para-hydroxylation sites is 1. The molecule has 0 unspecified atom stereocenters. The van der Waals surface area contributed by atoms with Crippen LogP contribution in [0.25, 0.3) is 0 Å². The molecule has 144 valence electrons. The van der Waals surface area contributed by atoms with Gasteiger partial charge in [-0.1, -0.05) is 17.7 Å². The number of nitrogens with zero attached hydrogens (tertiary/aromatic N) is 1. The lowest BCUT2D eigenvalue weighted by molar-refractivity contribution is -0.120. The predicted molar refractivity (Wildman–Crippen MR) is 97.3 cm³/mol. The monoisotopic (exact) mass is 386 g/mol. The summed E-state index contributed by atoms with van der Waals surface area (Å²) in [5, 5.41) is 2.80. The first-order valence-corrected chi connectivity index (χ1v) is 10.5. The van der Waals surface area contributed by atoms with E-state index < -0.39 is 27.3 Å². The number of rotatable bonds is 8. The van der Waals surface area contributed by atoms with Gasteiger partial charge in [0.05, 0.1) is 6.26 Å². The molecule has 0 aromatic heterocycles. The van der Waals surface area contributed by atoms with Gasteiger partial charge in [-0.2, -0.15) is 0 Å². The van der Waals surface area contributed by atoms with E-state index in [1.807, 2.05) is 0 Å². The lowest BCUT2D eigenvalue weighted by Crippen LogP contribution is -2.33. The highest BCUT2D eigenvalue weighted by Crippen LogP contribution is 2.25. The summed E-state index contributed by atoms with van der Waals surface area (Å²) in [7, 11) is -3.88. The Morgan fingerprint density at radius 1 is 1.23 bits per heavy atom. The number of amides is 1. The molecule has 1 aromatic rings. The molecule has 0 saturated heterocycles. The third-order valence-electron chi connectivity index (χ3n) is 4.25. The van der Waals surface area contributed by atoms with E-state index in [4.69, 9.17) is 0 Å². The molecule has 0 bridgehead atoms. The lowest BCUT2D eigenvalue weighted by Gasteiger charge is -2.23. The van der Waals surface area contributed by atoms with Crippen LogP contribution in [0.1, 0.15) is 38.5 Å². The van der Waals surface area contributed by atoms with Gasteiger partial charge in [0, 0.05) is 19.5 Å². The van der Waals surface area contributed by atoms with Gasteiger partial charge in [-0.25, -0.2) is 17.2 Å². The summed E-state index contributed by atoms with van der Waals surface area (Å²) in [4.78, 5) is 11.9. The fourth-order valence-electron chi connectivity index (χ4n) is 2.92. The van der Waals surface area contributed by atoms with Gasteiger partial charge in [0.2, 0.25) is 15.9 Å². The van der Waals surface area contributed by atoms with Gasteiger partial charge in [0.15, 0.2) is 11.6 Å². The van der Waals surface area contributed by atoms with Crippen LogP contribution in [0, 0.1) is 11.6 Å². The standard InChI is InChI=1S/C18H24F2N2O3S/c1-26(24,25)22(18-15(19)9-5-10-16(18)20)12-6-11-17(23)21-13-14-7-3-2-4-8-14/h5,7,9-10H,2-4,6,8,11-13H2,1H3,(H,21,23). The number of carbonyl (C=O) groups is 1. The van der Waals surface area contributed by atoms with Crippen LogP contribution >= 0.6 is 0 Å². The van der Waals surface area contributed by atoms with E-state index >= 15 is 0 Å². The molecule has 0 spiro atoms. The lowest BCUT2D eigenvalue weighted by atomic mass is 10.00. The van der Waals surface area contributed by atoms with E-state index in [1.165, 1.54) is 18.1 Å². The highest BCUT2D eigenvalue weighted by atomic mass is 32.2. The summed E-state index contributed by atoms with van der Waals surface area (Å²) in [5.74, 6) is -2.12. The third-order valence-corrected chi connectivity index (χ3v) is 5.42. The normalized spacial score (nSPS) is 14.7. The summed E-state index contributed by atoms with van der Waals surface area (Å²) in [6.45, 7) is 0.323. The van der Waals surface area contributed by atoms with Crippen LogP contribution in [0.3, 0.4) is 0 Å². The molecule has 5 nitrogen and oxygen atoms in total. The van der Waals surface area contributed by atoms with Crippen molar-refractivity contribution in [1.82, 2.24) is 5.32 Å². The van der Waals surface area contributed by atoms with Gasteiger partial charge in [-0.15, -0.1) is 0 Å². The number of carbonyl (C=O) groups excluding carboxylic acids is 1. The van der Waals surface area contributed by atoms with Crippen LogP contribution in [0.15, 0.2) is 29.8 Å². The van der Waals surface area contributed by atoms with Crippen LogP contribution < -0.4 is 9.62 Å². The number of halogens is 2. The molecule has 1 aromatic carbocycles.